The van der Waals surface area contributed by atoms with Gasteiger partial charge in [0.1, 0.15) is 5.71 Å². The number of benzene rings is 1. The Morgan fingerprint density at radius 2 is 1.67 bits per heavy atom. The van der Waals surface area contributed by atoms with Crippen molar-refractivity contribution in [2.75, 3.05) is 0 Å². The summed E-state index contributed by atoms with van der Waals surface area (Å²) in [6, 6.07) is 5.71. The van der Waals surface area contributed by atoms with Crippen molar-refractivity contribution in [2.45, 2.75) is 13.3 Å². The standard InChI is InChI=1S/C11H11NO3/c1-2-9(13)10(12)7-3-5-8(6-4-7)11(14)15/h3-6,12H,2H2,1H3,(H,14,15). The molecule has 0 amide bonds. The average molecular weight is 205 g/mol. The third-order valence-corrected chi connectivity index (χ3v) is 2.02. The normalized spacial score (nSPS) is 9.67. The van der Waals surface area contributed by atoms with Gasteiger partial charge in [-0.15, -0.1) is 0 Å². The zero-order chi connectivity index (χ0) is 11.4. The highest BCUT2D eigenvalue weighted by molar-refractivity contribution is 6.44. The van der Waals surface area contributed by atoms with Crippen molar-refractivity contribution in [1.29, 1.82) is 5.41 Å². The SMILES string of the molecule is CCC(=O)C(=N)c1ccc(C(=O)O)cc1. The second kappa shape index (κ2) is 4.50. The minimum absolute atomic E-state index is 0.0746. The van der Waals surface area contributed by atoms with Crippen molar-refractivity contribution in [2.24, 2.45) is 0 Å². The molecule has 0 aliphatic carbocycles. The molecule has 0 heterocycles. The summed E-state index contributed by atoms with van der Waals surface area (Å²) in [7, 11) is 0. The van der Waals surface area contributed by atoms with Crippen LogP contribution in [0.2, 0.25) is 0 Å². The van der Waals surface area contributed by atoms with Crippen molar-refractivity contribution < 1.29 is 14.7 Å². The predicted octanol–water partition coefficient (Wildman–Crippen LogP) is 1.73. The van der Waals surface area contributed by atoms with Crippen molar-refractivity contribution in [3.05, 3.63) is 35.4 Å². The van der Waals surface area contributed by atoms with Crippen LogP contribution in [0.4, 0.5) is 0 Å². The van der Waals surface area contributed by atoms with Crippen molar-refractivity contribution in [3.63, 3.8) is 0 Å². The summed E-state index contributed by atoms with van der Waals surface area (Å²) >= 11 is 0. The molecule has 1 aromatic carbocycles. The highest BCUT2D eigenvalue weighted by Gasteiger charge is 2.10. The van der Waals surface area contributed by atoms with Crippen LogP contribution in [-0.4, -0.2) is 22.6 Å². The van der Waals surface area contributed by atoms with E-state index < -0.39 is 5.97 Å². The highest BCUT2D eigenvalue weighted by Crippen LogP contribution is 2.06. The molecule has 0 radical (unpaired) electrons. The Morgan fingerprint density at radius 1 is 1.20 bits per heavy atom. The van der Waals surface area contributed by atoms with Crippen LogP contribution in [0.15, 0.2) is 24.3 Å². The van der Waals surface area contributed by atoms with Crippen molar-refractivity contribution in [1.82, 2.24) is 0 Å². The average Bonchev–Trinajstić information content (AvgIpc) is 2.27. The zero-order valence-corrected chi connectivity index (χ0v) is 8.28. The molecule has 0 saturated heterocycles. The number of Topliss-reactive ketones (excluding diaryl/α,β-unsaturated/α-hetero) is 1. The second-order valence-corrected chi connectivity index (χ2v) is 3.03. The lowest BCUT2D eigenvalue weighted by Crippen LogP contribution is -2.12. The second-order valence-electron chi connectivity index (χ2n) is 3.03. The molecule has 4 nitrogen and oxygen atoms in total. The summed E-state index contributed by atoms with van der Waals surface area (Å²) < 4.78 is 0. The molecule has 2 N–H and O–H groups in total. The van der Waals surface area contributed by atoms with E-state index in [-0.39, 0.29) is 23.5 Å². The van der Waals surface area contributed by atoms with Crippen LogP contribution in [0.3, 0.4) is 0 Å². The Morgan fingerprint density at radius 3 is 2.07 bits per heavy atom. The molecule has 4 heteroatoms. The van der Waals surface area contributed by atoms with Crippen LogP contribution in [0, 0.1) is 5.41 Å². The van der Waals surface area contributed by atoms with Gasteiger partial charge in [0.15, 0.2) is 5.78 Å². The number of hydrogen-bond acceptors (Lipinski definition) is 3. The number of carbonyl (C=O) groups excluding carboxylic acids is 1. The van der Waals surface area contributed by atoms with Gasteiger partial charge in [-0.25, -0.2) is 4.79 Å². The first kappa shape index (κ1) is 11.1. The van der Waals surface area contributed by atoms with Crippen LogP contribution < -0.4 is 0 Å². The Balaban J connectivity index is 2.94. The molecule has 1 rings (SSSR count). The van der Waals surface area contributed by atoms with E-state index in [1.54, 1.807) is 6.92 Å². The lowest BCUT2D eigenvalue weighted by Gasteiger charge is -2.01. The molecule has 0 fully saturated rings. The molecule has 0 aliphatic heterocycles. The summed E-state index contributed by atoms with van der Waals surface area (Å²) in [6.07, 6.45) is 0.277. The summed E-state index contributed by atoms with van der Waals surface area (Å²) in [5.74, 6) is -1.27. The molecular weight excluding hydrogens is 194 g/mol. The molecule has 0 aromatic heterocycles. The summed E-state index contributed by atoms with van der Waals surface area (Å²) in [6.45, 7) is 1.68. The molecule has 0 bridgehead atoms. The smallest absolute Gasteiger partial charge is 0.335 e. The largest absolute Gasteiger partial charge is 0.478 e. The van der Waals surface area contributed by atoms with Crippen molar-refractivity contribution in [3.8, 4) is 0 Å². The van der Waals surface area contributed by atoms with E-state index in [1.165, 1.54) is 24.3 Å². The number of hydrogen-bond donors (Lipinski definition) is 2. The van der Waals surface area contributed by atoms with Gasteiger partial charge in [-0.1, -0.05) is 19.1 Å². The maximum Gasteiger partial charge on any atom is 0.335 e. The highest BCUT2D eigenvalue weighted by atomic mass is 16.4. The van der Waals surface area contributed by atoms with Gasteiger partial charge in [-0.05, 0) is 12.1 Å². The van der Waals surface area contributed by atoms with Crippen LogP contribution in [0.1, 0.15) is 29.3 Å². The lowest BCUT2D eigenvalue weighted by molar-refractivity contribution is -0.112. The van der Waals surface area contributed by atoms with E-state index in [1.807, 2.05) is 0 Å². The fraction of sp³-hybridized carbons (Fsp3) is 0.182. The number of carboxylic acids is 1. The van der Waals surface area contributed by atoms with Crippen LogP contribution >= 0.6 is 0 Å². The van der Waals surface area contributed by atoms with E-state index in [9.17, 15) is 9.59 Å². The summed E-state index contributed by atoms with van der Waals surface area (Å²) in [4.78, 5) is 21.7. The first-order valence-corrected chi connectivity index (χ1v) is 4.51. The number of aromatic carboxylic acids is 1. The predicted molar refractivity (Wildman–Crippen MR) is 55.5 cm³/mol. The number of ketones is 1. The van der Waals surface area contributed by atoms with E-state index in [0.29, 0.717) is 5.56 Å². The molecule has 0 saturated carbocycles. The van der Waals surface area contributed by atoms with E-state index >= 15 is 0 Å². The maximum atomic E-state index is 11.2. The molecule has 15 heavy (non-hydrogen) atoms. The Bertz CT molecular complexity index is 406. The topological polar surface area (TPSA) is 78.2 Å². The van der Waals surface area contributed by atoms with Crippen LogP contribution in [0.25, 0.3) is 0 Å². The fourth-order valence-electron chi connectivity index (χ4n) is 1.12. The fourth-order valence-corrected chi connectivity index (χ4v) is 1.12. The maximum absolute atomic E-state index is 11.2. The zero-order valence-electron chi connectivity index (χ0n) is 8.28. The van der Waals surface area contributed by atoms with Gasteiger partial charge in [0.25, 0.3) is 0 Å². The van der Waals surface area contributed by atoms with Gasteiger partial charge in [0.2, 0.25) is 0 Å². The minimum Gasteiger partial charge on any atom is -0.478 e. The van der Waals surface area contributed by atoms with Gasteiger partial charge in [0, 0.05) is 12.0 Å². The number of nitrogens with one attached hydrogen (secondary N) is 1. The van der Waals surface area contributed by atoms with Crippen LogP contribution in [-0.2, 0) is 4.79 Å². The Hall–Kier alpha value is -1.97. The number of carboxylic acid groups (broad SMARTS) is 1. The number of carbonyl (C=O) groups is 2. The molecule has 78 valence electrons. The molecule has 0 unspecified atom stereocenters. The quantitative estimate of drug-likeness (QED) is 0.735. The van der Waals surface area contributed by atoms with Gasteiger partial charge >= 0.3 is 5.97 Å². The van der Waals surface area contributed by atoms with E-state index in [0.717, 1.165) is 0 Å². The Labute approximate surface area is 87.1 Å². The van der Waals surface area contributed by atoms with Gasteiger partial charge in [0.05, 0.1) is 5.56 Å². The van der Waals surface area contributed by atoms with Gasteiger partial charge in [-0.2, -0.15) is 0 Å². The molecule has 0 spiro atoms. The van der Waals surface area contributed by atoms with E-state index in [4.69, 9.17) is 10.5 Å². The van der Waals surface area contributed by atoms with Crippen molar-refractivity contribution >= 4 is 17.5 Å². The molecular formula is C11H11NO3. The molecule has 0 atom stereocenters. The van der Waals surface area contributed by atoms with E-state index in [2.05, 4.69) is 0 Å². The monoisotopic (exact) mass is 205 g/mol. The molecule has 0 aliphatic rings. The first-order valence-electron chi connectivity index (χ1n) is 4.51. The van der Waals surface area contributed by atoms with Crippen LogP contribution in [0.5, 0.6) is 0 Å². The number of rotatable bonds is 4. The lowest BCUT2D eigenvalue weighted by atomic mass is 10.0. The summed E-state index contributed by atoms with van der Waals surface area (Å²) in [5, 5.41) is 16.2. The third kappa shape index (κ3) is 2.49. The van der Waals surface area contributed by atoms with Gasteiger partial charge in [-0.3, -0.25) is 10.2 Å². The first-order chi connectivity index (χ1) is 7.06. The minimum atomic E-state index is -1.02. The Kier molecular flexibility index (Phi) is 3.33. The van der Waals surface area contributed by atoms with Gasteiger partial charge < -0.3 is 5.11 Å². The molecule has 1 aromatic rings. The third-order valence-electron chi connectivity index (χ3n) is 2.02. The summed E-state index contributed by atoms with van der Waals surface area (Å²) in [5.41, 5.74) is 0.525.